The zero-order chi connectivity index (χ0) is 7.19. The van der Waals surface area contributed by atoms with E-state index < -0.39 is 0 Å². The van der Waals surface area contributed by atoms with Gasteiger partial charge in [0.15, 0.2) is 0 Å². The molecular formula is C9H17N. The highest BCUT2D eigenvalue weighted by molar-refractivity contribution is 5.07. The smallest absolute Gasteiger partial charge is 0.0102 e. The zero-order valence-electron chi connectivity index (χ0n) is 6.77. The van der Waals surface area contributed by atoms with Gasteiger partial charge in [0.25, 0.3) is 0 Å². The molecule has 2 N–H and O–H groups in total. The van der Waals surface area contributed by atoms with Gasteiger partial charge in [-0.2, -0.15) is 0 Å². The quantitative estimate of drug-likeness (QED) is 0.545. The molecular weight excluding hydrogens is 122 g/mol. The van der Waals surface area contributed by atoms with E-state index in [9.17, 15) is 0 Å². The first kappa shape index (κ1) is 6.66. The molecule has 2 aliphatic rings. The van der Waals surface area contributed by atoms with Crippen molar-refractivity contribution in [2.75, 3.05) is 0 Å². The van der Waals surface area contributed by atoms with Crippen LogP contribution in [0.3, 0.4) is 0 Å². The van der Waals surface area contributed by atoms with E-state index in [1.807, 2.05) is 0 Å². The zero-order valence-corrected chi connectivity index (χ0v) is 6.77. The molecule has 58 valence electrons. The highest BCUT2D eigenvalue weighted by atomic mass is 14.8. The Labute approximate surface area is 63.0 Å². The van der Waals surface area contributed by atoms with Gasteiger partial charge >= 0.3 is 0 Å². The van der Waals surface area contributed by atoms with Gasteiger partial charge in [-0.3, -0.25) is 0 Å². The van der Waals surface area contributed by atoms with Gasteiger partial charge in [0.2, 0.25) is 0 Å². The first-order valence-electron chi connectivity index (χ1n) is 4.48. The first-order chi connectivity index (χ1) is 4.73. The number of hydrogen-bond acceptors (Lipinski definition) is 1. The second-order valence-electron chi connectivity index (χ2n) is 4.36. The summed E-state index contributed by atoms with van der Waals surface area (Å²) in [5, 5.41) is 0. The molecule has 2 saturated carbocycles. The second kappa shape index (κ2) is 1.97. The van der Waals surface area contributed by atoms with Crippen LogP contribution in [0.25, 0.3) is 0 Å². The lowest BCUT2D eigenvalue weighted by Crippen LogP contribution is -2.20. The minimum Gasteiger partial charge on any atom is -0.327 e. The Balaban J connectivity index is 1.93. The summed E-state index contributed by atoms with van der Waals surface area (Å²) >= 11 is 0. The third-order valence-corrected chi connectivity index (χ3v) is 3.52. The van der Waals surface area contributed by atoms with Crippen LogP contribution in [0.1, 0.15) is 39.0 Å². The number of hydrogen-bond donors (Lipinski definition) is 1. The van der Waals surface area contributed by atoms with Crippen LogP contribution in [-0.2, 0) is 0 Å². The molecule has 10 heavy (non-hydrogen) atoms. The Hall–Kier alpha value is -0.0400. The summed E-state index contributed by atoms with van der Waals surface area (Å²) in [7, 11) is 0. The maximum atomic E-state index is 5.88. The van der Waals surface area contributed by atoms with Gasteiger partial charge in [-0.1, -0.05) is 19.8 Å². The van der Waals surface area contributed by atoms with Crippen molar-refractivity contribution in [3.63, 3.8) is 0 Å². The number of rotatable bonds is 0. The Bertz CT molecular complexity index is 134. The first-order valence-corrected chi connectivity index (χ1v) is 4.48. The Morgan fingerprint density at radius 1 is 1.30 bits per heavy atom. The molecule has 0 bridgehead atoms. The molecule has 1 spiro atoms. The SMILES string of the molecule is CC1CCC2(CC1)CC2N. The fourth-order valence-corrected chi connectivity index (χ4v) is 2.29. The molecule has 0 aliphatic heterocycles. The predicted molar refractivity (Wildman–Crippen MR) is 42.7 cm³/mol. The van der Waals surface area contributed by atoms with Crippen molar-refractivity contribution in [1.82, 2.24) is 0 Å². The summed E-state index contributed by atoms with van der Waals surface area (Å²) in [5.74, 6) is 0.971. The van der Waals surface area contributed by atoms with E-state index in [4.69, 9.17) is 5.73 Å². The average molecular weight is 139 g/mol. The third kappa shape index (κ3) is 0.878. The molecule has 0 heterocycles. The largest absolute Gasteiger partial charge is 0.327 e. The van der Waals surface area contributed by atoms with Crippen molar-refractivity contribution in [2.24, 2.45) is 17.1 Å². The molecule has 0 aromatic carbocycles. The summed E-state index contributed by atoms with van der Waals surface area (Å²) in [6.45, 7) is 2.36. The van der Waals surface area contributed by atoms with E-state index in [-0.39, 0.29) is 0 Å². The Kier molecular flexibility index (Phi) is 1.31. The van der Waals surface area contributed by atoms with Crippen LogP contribution >= 0.6 is 0 Å². The van der Waals surface area contributed by atoms with E-state index in [1.54, 1.807) is 0 Å². The van der Waals surface area contributed by atoms with Crippen LogP contribution in [-0.4, -0.2) is 6.04 Å². The molecule has 0 aromatic rings. The highest BCUT2D eigenvalue weighted by Crippen LogP contribution is 2.55. The van der Waals surface area contributed by atoms with E-state index in [0.29, 0.717) is 11.5 Å². The van der Waals surface area contributed by atoms with Crippen molar-refractivity contribution < 1.29 is 0 Å². The minimum absolute atomic E-state index is 0.569. The molecule has 0 saturated heterocycles. The molecule has 2 rings (SSSR count). The lowest BCUT2D eigenvalue weighted by Gasteiger charge is -2.26. The van der Waals surface area contributed by atoms with Crippen molar-refractivity contribution in [3.05, 3.63) is 0 Å². The topological polar surface area (TPSA) is 26.0 Å². The highest BCUT2D eigenvalue weighted by Gasteiger charge is 2.52. The molecule has 1 unspecified atom stereocenters. The molecule has 2 fully saturated rings. The minimum atomic E-state index is 0.569. The second-order valence-corrected chi connectivity index (χ2v) is 4.36. The molecule has 0 aromatic heterocycles. The van der Waals surface area contributed by atoms with Crippen LogP contribution < -0.4 is 5.73 Å². The van der Waals surface area contributed by atoms with E-state index in [1.165, 1.54) is 32.1 Å². The molecule has 1 atom stereocenters. The molecule has 2 aliphatic carbocycles. The number of nitrogens with two attached hydrogens (primary N) is 1. The Morgan fingerprint density at radius 2 is 1.80 bits per heavy atom. The van der Waals surface area contributed by atoms with Crippen LogP contribution in [0.15, 0.2) is 0 Å². The van der Waals surface area contributed by atoms with Gasteiger partial charge in [0, 0.05) is 6.04 Å². The van der Waals surface area contributed by atoms with Crippen LogP contribution in [0, 0.1) is 11.3 Å². The van der Waals surface area contributed by atoms with Gasteiger partial charge in [0.05, 0.1) is 0 Å². The molecule has 0 radical (unpaired) electrons. The summed E-state index contributed by atoms with van der Waals surface area (Å²) in [4.78, 5) is 0. The molecule has 0 amide bonds. The van der Waals surface area contributed by atoms with Gasteiger partial charge in [-0.05, 0) is 30.6 Å². The van der Waals surface area contributed by atoms with E-state index in [0.717, 1.165) is 5.92 Å². The standard InChI is InChI=1S/C9H17N/c1-7-2-4-9(5-3-7)6-8(9)10/h7-8H,2-6,10H2,1H3. The summed E-state index contributed by atoms with van der Waals surface area (Å²) in [6, 6.07) is 0.569. The van der Waals surface area contributed by atoms with Crippen LogP contribution in [0.5, 0.6) is 0 Å². The van der Waals surface area contributed by atoms with Crippen LogP contribution in [0.4, 0.5) is 0 Å². The normalized spacial score (nSPS) is 53.4. The predicted octanol–water partition coefficient (Wildman–Crippen LogP) is 1.91. The van der Waals surface area contributed by atoms with Crippen molar-refractivity contribution >= 4 is 0 Å². The molecule has 1 heteroatoms. The third-order valence-electron chi connectivity index (χ3n) is 3.52. The van der Waals surface area contributed by atoms with E-state index >= 15 is 0 Å². The summed E-state index contributed by atoms with van der Waals surface area (Å²) < 4.78 is 0. The maximum Gasteiger partial charge on any atom is 0.0102 e. The fraction of sp³-hybridized carbons (Fsp3) is 1.00. The fourth-order valence-electron chi connectivity index (χ4n) is 2.29. The lowest BCUT2D eigenvalue weighted by molar-refractivity contribution is 0.264. The van der Waals surface area contributed by atoms with Gasteiger partial charge < -0.3 is 5.73 Å². The van der Waals surface area contributed by atoms with Crippen molar-refractivity contribution in [3.8, 4) is 0 Å². The van der Waals surface area contributed by atoms with Crippen molar-refractivity contribution in [2.45, 2.75) is 45.1 Å². The van der Waals surface area contributed by atoms with Gasteiger partial charge in [-0.25, -0.2) is 0 Å². The van der Waals surface area contributed by atoms with Gasteiger partial charge in [-0.15, -0.1) is 0 Å². The summed E-state index contributed by atoms with van der Waals surface area (Å²) in [5.41, 5.74) is 6.52. The van der Waals surface area contributed by atoms with Gasteiger partial charge in [0.1, 0.15) is 0 Å². The monoisotopic (exact) mass is 139 g/mol. The van der Waals surface area contributed by atoms with E-state index in [2.05, 4.69) is 6.92 Å². The van der Waals surface area contributed by atoms with Crippen LogP contribution in [0.2, 0.25) is 0 Å². The van der Waals surface area contributed by atoms with Crippen molar-refractivity contribution in [1.29, 1.82) is 0 Å². The summed E-state index contributed by atoms with van der Waals surface area (Å²) in [6.07, 6.45) is 6.99. The average Bonchev–Trinajstić information content (AvgIpc) is 2.53. The Morgan fingerprint density at radius 3 is 2.20 bits per heavy atom. The molecule has 1 nitrogen and oxygen atoms in total. The lowest BCUT2D eigenvalue weighted by atomic mass is 9.80. The maximum absolute atomic E-state index is 5.88.